The van der Waals surface area contributed by atoms with Gasteiger partial charge in [0.15, 0.2) is 41.5 Å². The second kappa shape index (κ2) is 11.0. The molecule has 0 aliphatic carbocycles. The fourth-order valence-corrected chi connectivity index (χ4v) is 4.23. The highest BCUT2D eigenvalue weighted by Crippen LogP contribution is 2.42. The summed E-state index contributed by atoms with van der Waals surface area (Å²) in [5, 5.41) is 49.5. The molecule has 5 N–H and O–H groups in total. The van der Waals surface area contributed by atoms with E-state index in [2.05, 4.69) is 0 Å². The summed E-state index contributed by atoms with van der Waals surface area (Å²) < 4.78 is 29.1. The predicted octanol–water partition coefficient (Wildman–Crippen LogP) is 1.05. The smallest absolute Gasteiger partial charge is 0.186 e. The van der Waals surface area contributed by atoms with Crippen LogP contribution in [0.1, 0.15) is 30.6 Å². The summed E-state index contributed by atoms with van der Waals surface area (Å²) in [5.41, 5.74) is 1.65. The van der Waals surface area contributed by atoms with Gasteiger partial charge in [-0.2, -0.15) is 0 Å². The summed E-state index contributed by atoms with van der Waals surface area (Å²) in [5.74, 6) is 1.27. The van der Waals surface area contributed by atoms with E-state index < -0.39 is 42.9 Å². The summed E-state index contributed by atoms with van der Waals surface area (Å²) >= 11 is 0. The molecule has 1 saturated heterocycles. The molecule has 0 saturated carbocycles. The molecule has 2 heterocycles. The molecule has 0 bridgehead atoms. The van der Waals surface area contributed by atoms with Crippen LogP contribution in [0.5, 0.6) is 23.0 Å². The van der Waals surface area contributed by atoms with Crippen LogP contribution in [0.15, 0.2) is 36.4 Å². The maximum atomic E-state index is 10.3. The quantitative estimate of drug-likeness (QED) is 0.362. The van der Waals surface area contributed by atoms with Crippen LogP contribution in [0, 0.1) is 0 Å². The molecule has 10 nitrogen and oxygen atoms in total. The summed E-state index contributed by atoms with van der Waals surface area (Å²) in [6.07, 6.45) is -6.06. The van der Waals surface area contributed by atoms with Crippen LogP contribution in [0.3, 0.4) is 0 Å². The molecule has 2 aromatic rings. The number of phenolic OH excluding ortho intramolecular Hbond substituents is 1. The van der Waals surface area contributed by atoms with Crippen molar-refractivity contribution in [1.29, 1.82) is 0 Å². The van der Waals surface area contributed by atoms with Gasteiger partial charge in [0.05, 0.1) is 19.8 Å². The molecule has 35 heavy (non-hydrogen) atoms. The minimum atomic E-state index is -1.45. The van der Waals surface area contributed by atoms with Gasteiger partial charge in [0.2, 0.25) is 0 Å². The van der Waals surface area contributed by atoms with Gasteiger partial charge in [-0.05, 0) is 49.6 Å². The molecule has 2 aromatic carbocycles. The highest BCUT2D eigenvalue weighted by molar-refractivity contribution is 5.47. The number of aliphatic hydroxyl groups is 4. The molecule has 0 amide bonds. The fourth-order valence-electron chi connectivity index (χ4n) is 4.23. The third-order valence-corrected chi connectivity index (χ3v) is 6.27. The van der Waals surface area contributed by atoms with Crippen molar-refractivity contribution < 1.29 is 49.2 Å². The minimum Gasteiger partial charge on any atom is -0.504 e. The molecule has 192 valence electrons. The average Bonchev–Trinajstić information content (AvgIpc) is 2.87. The summed E-state index contributed by atoms with van der Waals surface area (Å²) in [6.45, 7) is 1.59. The van der Waals surface area contributed by atoms with E-state index in [-0.39, 0.29) is 24.7 Å². The van der Waals surface area contributed by atoms with E-state index in [1.165, 1.54) is 13.2 Å². The lowest BCUT2D eigenvalue weighted by Gasteiger charge is -2.40. The Balaban J connectivity index is 1.58. The van der Waals surface area contributed by atoms with Crippen LogP contribution in [0.4, 0.5) is 0 Å². The highest BCUT2D eigenvalue weighted by atomic mass is 16.7. The first-order valence-corrected chi connectivity index (χ1v) is 11.6. The van der Waals surface area contributed by atoms with Crippen LogP contribution in [0.2, 0.25) is 0 Å². The third-order valence-electron chi connectivity index (χ3n) is 6.27. The van der Waals surface area contributed by atoms with Crippen molar-refractivity contribution in [2.75, 3.05) is 20.3 Å². The lowest BCUT2D eigenvalue weighted by molar-refractivity contribution is -0.298. The van der Waals surface area contributed by atoms with Gasteiger partial charge in [-0.1, -0.05) is 12.1 Å². The van der Waals surface area contributed by atoms with Crippen molar-refractivity contribution in [1.82, 2.24) is 0 Å². The predicted molar refractivity (Wildman–Crippen MR) is 123 cm³/mol. The van der Waals surface area contributed by atoms with Gasteiger partial charge >= 0.3 is 0 Å². The Hall–Kier alpha value is -2.60. The monoisotopic (exact) mass is 492 g/mol. The van der Waals surface area contributed by atoms with Gasteiger partial charge in [-0.3, -0.25) is 0 Å². The molecule has 10 heteroatoms. The molecule has 2 aliphatic heterocycles. The van der Waals surface area contributed by atoms with E-state index in [9.17, 15) is 20.4 Å². The van der Waals surface area contributed by atoms with Crippen LogP contribution in [-0.4, -0.2) is 82.7 Å². The number of methoxy groups -OCH3 is 1. The zero-order chi connectivity index (χ0) is 25.1. The number of ether oxygens (including phenoxy) is 5. The van der Waals surface area contributed by atoms with Gasteiger partial charge in [0, 0.05) is 12.2 Å². The van der Waals surface area contributed by atoms with Gasteiger partial charge in [-0.15, -0.1) is 0 Å². The maximum Gasteiger partial charge on any atom is 0.186 e. The molecular weight excluding hydrogens is 460 g/mol. The Kier molecular flexibility index (Phi) is 8.00. The Labute approximate surface area is 203 Å². The number of benzene rings is 2. The molecule has 7 atom stereocenters. The zero-order valence-electron chi connectivity index (χ0n) is 19.6. The van der Waals surface area contributed by atoms with E-state index in [0.29, 0.717) is 29.9 Å². The number of fused-ring (bicyclic) bond motifs is 1. The Bertz CT molecular complexity index is 998. The second-order valence-corrected chi connectivity index (χ2v) is 8.75. The second-order valence-electron chi connectivity index (χ2n) is 8.75. The largest absolute Gasteiger partial charge is 0.504 e. The molecule has 1 fully saturated rings. The van der Waals surface area contributed by atoms with E-state index in [0.717, 1.165) is 5.56 Å². The van der Waals surface area contributed by atoms with Gasteiger partial charge in [0.25, 0.3) is 0 Å². The van der Waals surface area contributed by atoms with E-state index in [1.807, 2.05) is 12.1 Å². The van der Waals surface area contributed by atoms with Crippen LogP contribution >= 0.6 is 0 Å². The number of phenols is 1. The van der Waals surface area contributed by atoms with Crippen molar-refractivity contribution in [3.63, 3.8) is 0 Å². The fraction of sp³-hybridized carbons (Fsp3) is 0.520. The van der Waals surface area contributed by atoms with Crippen molar-refractivity contribution in [3.05, 3.63) is 47.5 Å². The van der Waals surface area contributed by atoms with E-state index in [1.54, 1.807) is 25.1 Å². The van der Waals surface area contributed by atoms with Crippen LogP contribution < -0.4 is 14.2 Å². The van der Waals surface area contributed by atoms with Gasteiger partial charge in [-0.25, -0.2) is 0 Å². The Morgan fingerprint density at radius 1 is 0.943 bits per heavy atom. The summed E-state index contributed by atoms with van der Waals surface area (Å²) in [7, 11) is 1.45. The van der Waals surface area contributed by atoms with Crippen molar-refractivity contribution in [3.8, 4) is 23.0 Å². The standard InChI is InChI=1S/C25H32O10/c1-13-21(28)22(29)23(30)25(33-13)32-12-20-24(15-6-7-16(27)18(11-15)31-2)35-19-10-14(4-3-9-26)5-8-17(19)34-20/h5-8,10-11,13,20-30H,3-4,9,12H2,1-2H3. The van der Waals surface area contributed by atoms with Crippen LogP contribution in [-0.2, 0) is 15.9 Å². The number of rotatable bonds is 8. The van der Waals surface area contributed by atoms with Crippen LogP contribution in [0.25, 0.3) is 0 Å². The topological polar surface area (TPSA) is 147 Å². The zero-order valence-corrected chi connectivity index (χ0v) is 19.6. The SMILES string of the molecule is COc1cc(C2Oc3cc(CCCO)ccc3OC2COC2OC(C)C(O)C(O)C2O)ccc1O. The number of hydrogen-bond donors (Lipinski definition) is 5. The minimum absolute atomic E-state index is 0.0206. The Morgan fingerprint density at radius 3 is 2.49 bits per heavy atom. The van der Waals surface area contributed by atoms with Crippen molar-refractivity contribution in [2.45, 2.75) is 62.7 Å². The van der Waals surface area contributed by atoms with E-state index >= 15 is 0 Å². The molecule has 0 radical (unpaired) electrons. The average molecular weight is 493 g/mol. The maximum absolute atomic E-state index is 10.3. The number of hydrogen-bond acceptors (Lipinski definition) is 10. The van der Waals surface area contributed by atoms with Gasteiger partial charge < -0.3 is 49.2 Å². The molecule has 4 rings (SSSR count). The summed E-state index contributed by atoms with van der Waals surface area (Å²) in [4.78, 5) is 0. The third kappa shape index (κ3) is 5.48. The molecule has 0 aromatic heterocycles. The van der Waals surface area contributed by atoms with Crippen molar-refractivity contribution in [2.24, 2.45) is 0 Å². The lowest BCUT2D eigenvalue weighted by atomic mass is 9.99. The Morgan fingerprint density at radius 2 is 1.74 bits per heavy atom. The van der Waals surface area contributed by atoms with Crippen molar-refractivity contribution >= 4 is 0 Å². The first-order chi connectivity index (χ1) is 16.8. The highest BCUT2D eigenvalue weighted by Gasteiger charge is 2.43. The molecule has 7 unspecified atom stereocenters. The number of aromatic hydroxyl groups is 1. The summed E-state index contributed by atoms with van der Waals surface area (Å²) in [6, 6.07) is 10.4. The van der Waals surface area contributed by atoms with Gasteiger partial charge in [0.1, 0.15) is 18.3 Å². The molecule has 0 spiro atoms. The first-order valence-electron chi connectivity index (χ1n) is 11.6. The van der Waals surface area contributed by atoms with E-state index in [4.69, 9.17) is 28.8 Å². The molecular formula is C25H32O10. The lowest BCUT2D eigenvalue weighted by Crippen LogP contribution is -2.57. The first kappa shape index (κ1) is 25.5. The number of aliphatic hydroxyl groups excluding tert-OH is 4. The number of aryl methyl sites for hydroxylation is 1. The molecule has 2 aliphatic rings. The normalized spacial score (nSPS) is 30.2.